The largest absolute Gasteiger partial charge is 0.481 e. The standard InChI is InChI=1S/C14H27N3O3/c1-12(11-17-9-4-3-5-10-17)15-14(20)16(2)8-6-7-13(18)19/h12H,3-11H2,1-2H3,(H,15,20)(H,18,19). The fourth-order valence-corrected chi connectivity index (χ4v) is 2.46. The number of carboxylic acid groups (broad SMARTS) is 1. The van der Waals surface area contributed by atoms with Crippen LogP contribution in [0.25, 0.3) is 0 Å². The number of rotatable bonds is 7. The lowest BCUT2D eigenvalue weighted by Crippen LogP contribution is -2.47. The van der Waals surface area contributed by atoms with Crippen molar-refractivity contribution in [2.45, 2.75) is 45.1 Å². The van der Waals surface area contributed by atoms with Gasteiger partial charge in [0.05, 0.1) is 0 Å². The van der Waals surface area contributed by atoms with Crippen LogP contribution in [0, 0.1) is 0 Å². The molecular formula is C14H27N3O3. The number of hydrogen-bond acceptors (Lipinski definition) is 3. The second kappa shape index (κ2) is 8.79. The van der Waals surface area contributed by atoms with Crippen molar-refractivity contribution in [3.05, 3.63) is 0 Å². The Morgan fingerprint density at radius 2 is 1.95 bits per heavy atom. The number of urea groups is 1. The van der Waals surface area contributed by atoms with E-state index in [1.807, 2.05) is 6.92 Å². The maximum Gasteiger partial charge on any atom is 0.317 e. The van der Waals surface area contributed by atoms with E-state index in [-0.39, 0.29) is 18.5 Å². The first-order valence-electron chi connectivity index (χ1n) is 7.45. The minimum Gasteiger partial charge on any atom is -0.481 e. The number of hydrogen-bond donors (Lipinski definition) is 2. The lowest BCUT2D eigenvalue weighted by molar-refractivity contribution is -0.137. The third kappa shape index (κ3) is 6.75. The van der Waals surface area contributed by atoms with Gasteiger partial charge in [-0.3, -0.25) is 4.79 Å². The Morgan fingerprint density at radius 1 is 1.30 bits per heavy atom. The van der Waals surface area contributed by atoms with Crippen LogP contribution in [0.1, 0.15) is 39.0 Å². The molecule has 0 aromatic heterocycles. The van der Waals surface area contributed by atoms with Crippen LogP contribution in [-0.4, -0.2) is 66.2 Å². The molecule has 1 aliphatic heterocycles. The van der Waals surface area contributed by atoms with E-state index in [2.05, 4.69) is 10.2 Å². The molecule has 1 heterocycles. The molecule has 1 atom stereocenters. The van der Waals surface area contributed by atoms with Crippen molar-refractivity contribution in [3.63, 3.8) is 0 Å². The number of carbonyl (C=O) groups is 2. The molecule has 1 unspecified atom stereocenters. The zero-order valence-corrected chi connectivity index (χ0v) is 12.6. The number of nitrogens with zero attached hydrogens (tertiary/aromatic N) is 2. The van der Waals surface area contributed by atoms with Gasteiger partial charge in [0.2, 0.25) is 0 Å². The molecule has 0 radical (unpaired) electrons. The monoisotopic (exact) mass is 285 g/mol. The minimum atomic E-state index is -0.822. The van der Waals surface area contributed by atoms with Crippen LogP contribution in [0.5, 0.6) is 0 Å². The number of piperidine rings is 1. The van der Waals surface area contributed by atoms with Crippen molar-refractivity contribution < 1.29 is 14.7 Å². The highest BCUT2D eigenvalue weighted by Crippen LogP contribution is 2.08. The highest BCUT2D eigenvalue weighted by atomic mass is 16.4. The number of carbonyl (C=O) groups excluding carboxylic acids is 1. The molecular weight excluding hydrogens is 258 g/mol. The molecule has 0 aromatic rings. The van der Waals surface area contributed by atoms with Gasteiger partial charge >= 0.3 is 12.0 Å². The number of carboxylic acids is 1. The fraction of sp³-hybridized carbons (Fsp3) is 0.857. The third-order valence-electron chi connectivity index (χ3n) is 3.58. The van der Waals surface area contributed by atoms with Crippen molar-refractivity contribution in [2.75, 3.05) is 33.2 Å². The van der Waals surface area contributed by atoms with Crippen molar-refractivity contribution >= 4 is 12.0 Å². The van der Waals surface area contributed by atoms with E-state index in [9.17, 15) is 9.59 Å². The Hall–Kier alpha value is -1.30. The predicted molar refractivity (Wildman–Crippen MR) is 77.8 cm³/mol. The van der Waals surface area contributed by atoms with E-state index < -0.39 is 5.97 Å². The van der Waals surface area contributed by atoms with E-state index in [1.54, 1.807) is 11.9 Å². The Morgan fingerprint density at radius 3 is 2.55 bits per heavy atom. The molecule has 0 bridgehead atoms. The molecule has 0 saturated carbocycles. The van der Waals surface area contributed by atoms with Gasteiger partial charge < -0.3 is 20.2 Å². The summed E-state index contributed by atoms with van der Waals surface area (Å²) >= 11 is 0. The summed E-state index contributed by atoms with van der Waals surface area (Å²) in [5, 5.41) is 11.5. The molecule has 0 spiro atoms. The molecule has 6 nitrogen and oxygen atoms in total. The van der Waals surface area contributed by atoms with Crippen molar-refractivity contribution in [1.29, 1.82) is 0 Å². The molecule has 6 heteroatoms. The van der Waals surface area contributed by atoms with Gasteiger partial charge in [-0.2, -0.15) is 0 Å². The molecule has 1 rings (SSSR count). The van der Waals surface area contributed by atoms with Gasteiger partial charge in [0.15, 0.2) is 0 Å². The topological polar surface area (TPSA) is 72.9 Å². The maximum absolute atomic E-state index is 11.9. The molecule has 1 fully saturated rings. The minimum absolute atomic E-state index is 0.0982. The highest BCUT2D eigenvalue weighted by Gasteiger charge is 2.16. The van der Waals surface area contributed by atoms with Crippen LogP contribution in [-0.2, 0) is 4.79 Å². The zero-order chi connectivity index (χ0) is 15.0. The summed E-state index contributed by atoms with van der Waals surface area (Å²) < 4.78 is 0. The zero-order valence-electron chi connectivity index (χ0n) is 12.6. The predicted octanol–water partition coefficient (Wildman–Crippen LogP) is 1.37. The first-order valence-corrected chi connectivity index (χ1v) is 7.45. The first kappa shape index (κ1) is 16.8. The summed E-state index contributed by atoms with van der Waals surface area (Å²) in [6.45, 7) is 5.60. The normalized spacial score (nSPS) is 17.5. The molecule has 0 aromatic carbocycles. The van der Waals surface area contributed by atoms with Gasteiger partial charge in [-0.25, -0.2) is 4.79 Å². The molecule has 116 valence electrons. The van der Waals surface area contributed by atoms with E-state index in [1.165, 1.54) is 19.3 Å². The van der Waals surface area contributed by atoms with Crippen LogP contribution in [0.15, 0.2) is 0 Å². The van der Waals surface area contributed by atoms with Crippen LogP contribution >= 0.6 is 0 Å². The van der Waals surface area contributed by atoms with Crippen LogP contribution in [0.4, 0.5) is 4.79 Å². The third-order valence-corrected chi connectivity index (χ3v) is 3.58. The Labute approximate surface area is 121 Å². The quantitative estimate of drug-likeness (QED) is 0.741. The van der Waals surface area contributed by atoms with Gasteiger partial charge in [0.25, 0.3) is 0 Å². The van der Waals surface area contributed by atoms with Crippen molar-refractivity contribution in [2.24, 2.45) is 0 Å². The summed E-state index contributed by atoms with van der Waals surface area (Å²) in [5.41, 5.74) is 0. The van der Waals surface area contributed by atoms with Crippen LogP contribution in [0.3, 0.4) is 0 Å². The molecule has 2 amide bonds. The number of likely N-dealkylation sites (tertiary alicyclic amines) is 1. The SMILES string of the molecule is CC(CN1CCCCC1)NC(=O)N(C)CCCC(=O)O. The van der Waals surface area contributed by atoms with Crippen molar-refractivity contribution in [3.8, 4) is 0 Å². The molecule has 1 saturated heterocycles. The highest BCUT2D eigenvalue weighted by molar-refractivity contribution is 5.74. The first-order chi connectivity index (χ1) is 9.49. The molecule has 0 aliphatic carbocycles. The molecule has 2 N–H and O–H groups in total. The second-order valence-corrected chi connectivity index (χ2v) is 5.63. The van der Waals surface area contributed by atoms with Gasteiger partial charge in [-0.1, -0.05) is 6.42 Å². The fourth-order valence-electron chi connectivity index (χ4n) is 2.46. The number of amides is 2. The van der Waals surface area contributed by atoms with Gasteiger partial charge in [0, 0.05) is 32.6 Å². The lowest BCUT2D eigenvalue weighted by Gasteiger charge is -2.30. The van der Waals surface area contributed by atoms with Crippen molar-refractivity contribution in [1.82, 2.24) is 15.1 Å². The number of nitrogens with one attached hydrogen (secondary N) is 1. The van der Waals surface area contributed by atoms with Crippen LogP contribution in [0.2, 0.25) is 0 Å². The smallest absolute Gasteiger partial charge is 0.317 e. The van der Waals surface area contributed by atoms with E-state index in [4.69, 9.17) is 5.11 Å². The van der Waals surface area contributed by atoms with E-state index >= 15 is 0 Å². The maximum atomic E-state index is 11.9. The molecule has 1 aliphatic rings. The average Bonchev–Trinajstić information content (AvgIpc) is 2.39. The molecule has 20 heavy (non-hydrogen) atoms. The van der Waals surface area contributed by atoms with E-state index in [0.29, 0.717) is 13.0 Å². The van der Waals surface area contributed by atoms with Gasteiger partial charge in [-0.05, 0) is 39.3 Å². The summed E-state index contributed by atoms with van der Waals surface area (Å²) in [6, 6.07) is -0.0116. The summed E-state index contributed by atoms with van der Waals surface area (Å²) in [5.74, 6) is -0.822. The Balaban J connectivity index is 2.20. The lowest BCUT2D eigenvalue weighted by atomic mass is 10.1. The second-order valence-electron chi connectivity index (χ2n) is 5.63. The summed E-state index contributed by atoms with van der Waals surface area (Å²) in [7, 11) is 1.70. The summed E-state index contributed by atoms with van der Waals surface area (Å²) in [4.78, 5) is 26.3. The number of aliphatic carboxylic acids is 1. The average molecular weight is 285 g/mol. The van der Waals surface area contributed by atoms with E-state index in [0.717, 1.165) is 19.6 Å². The summed E-state index contributed by atoms with van der Waals surface area (Å²) in [6.07, 6.45) is 4.38. The Bertz CT molecular complexity index is 317. The van der Waals surface area contributed by atoms with Gasteiger partial charge in [-0.15, -0.1) is 0 Å². The Kier molecular flexibility index (Phi) is 7.36. The van der Waals surface area contributed by atoms with Gasteiger partial charge in [0.1, 0.15) is 0 Å². The van der Waals surface area contributed by atoms with Crippen LogP contribution < -0.4 is 5.32 Å².